The minimum Gasteiger partial charge on any atom is -0.351 e. The van der Waals surface area contributed by atoms with Crippen LogP contribution in [0.25, 0.3) is 10.9 Å². The molecule has 2 aromatic carbocycles. The Bertz CT molecular complexity index is 1110. The summed E-state index contributed by atoms with van der Waals surface area (Å²) >= 11 is 0. The number of hydrogen-bond acceptors (Lipinski definition) is 1. The Morgan fingerprint density at radius 1 is 1.00 bits per heavy atom. The summed E-state index contributed by atoms with van der Waals surface area (Å²) in [4.78, 5) is 14.7. The average Bonchev–Trinajstić information content (AvgIpc) is 3.39. The Balaban J connectivity index is 1.75. The van der Waals surface area contributed by atoms with Gasteiger partial charge < -0.3 is 10.3 Å². The molecule has 1 aromatic heterocycles. The summed E-state index contributed by atoms with van der Waals surface area (Å²) in [5, 5.41) is 1.35. The summed E-state index contributed by atoms with van der Waals surface area (Å²) < 4.78 is 2.25. The summed E-state index contributed by atoms with van der Waals surface area (Å²) in [7, 11) is 2.14. The SMILES string of the molecule is CC(C)c1cccc(C(C)C)c1N(CCC1(c2cn(C)c3ccccc23)CCCC1)C(N)=O. The second-order valence-electron chi connectivity index (χ2n) is 10.5. The van der Waals surface area contributed by atoms with E-state index < -0.39 is 0 Å². The monoisotopic (exact) mass is 445 g/mol. The zero-order valence-electron chi connectivity index (χ0n) is 20.9. The predicted octanol–water partition coefficient (Wildman–Crippen LogP) is 7.21. The van der Waals surface area contributed by atoms with Crippen molar-refractivity contribution in [1.82, 2.24) is 4.57 Å². The maximum Gasteiger partial charge on any atom is 0.319 e. The number of amides is 2. The van der Waals surface area contributed by atoms with Gasteiger partial charge >= 0.3 is 6.03 Å². The van der Waals surface area contributed by atoms with Gasteiger partial charge in [-0.3, -0.25) is 4.90 Å². The molecule has 0 bridgehead atoms. The van der Waals surface area contributed by atoms with Gasteiger partial charge in [0.1, 0.15) is 0 Å². The molecule has 0 saturated heterocycles. The van der Waals surface area contributed by atoms with Crippen molar-refractivity contribution in [3.8, 4) is 0 Å². The van der Waals surface area contributed by atoms with E-state index in [-0.39, 0.29) is 11.4 Å². The first kappa shape index (κ1) is 23.4. The summed E-state index contributed by atoms with van der Waals surface area (Å²) in [6, 6.07) is 14.8. The fraction of sp³-hybridized carbons (Fsp3) is 0.483. The highest BCUT2D eigenvalue weighted by Crippen LogP contribution is 2.47. The van der Waals surface area contributed by atoms with Crippen LogP contribution < -0.4 is 10.6 Å². The van der Waals surface area contributed by atoms with Gasteiger partial charge in [-0.15, -0.1) is 0 Å². The highest BCUT2D eigenvalue weighted by atomic mass is 16.2. The zero-order valence-corrected chi connectivity index (χ0v) is 20.9. The quantitative estimate of drug-likeness (QED) is 0.410. The van der Waals surface area contributed by atoms with Crippen molar-refractivity contribution in [3.63, 3.8) is 0 Å². The number of aromatic nitrogens is 1. The van der Waals surface area contributed by atoms with Gasteiger partial charge in [0.2, 0.25) is 0 Å². The zero-order chi connectivity index (χ0) is 23.8. The van der Waals surface area contributed by atoms with Crippen molar-refractivity contribution in [2.75, 3.05) is 11.4 Å². The van der Waals surface area contributed by atoms with Gasteiger partial charge in [0.15, 0.2) is 0 Å². The maximum absolute atomic E-state index is 12.9. The molecule has 0 atom stereocenters. The van der Waals surface area contributed by atoms with E-state index in [1.165, 1.54) is 40.4 Å². The number of primary amides is 1. The molecule has 33 heavy (non-hydrogen) atoms. The van der Waals surface area contributed by atoms with Crippen LogP contribution in [0.5, 0.6) is 0 Å². The van der Waals surface area contributed by atoms with Crippen LogP contribution in [-0.4, -0.2) is 17.1 Å². The van der Waals surface area contributed by atoms with E-state index in [0.717, 1.165) is 24.9 Å². The highest BCUT2D eigenvalue weighted by molar-refractivity contribution is 5.93. The molecule has 3 aromatic rings. The van der Waals surface area contributed by atoms with Crippen LogP contribution in [0.3, 0.4) is 0 Å². The van der Waals surface area contributed by atoms with Crippen molar-refractivity contribution in [1.29, 1.82) is 0 Å². The van der Waals surface area contributed by atoms with Gasteiger partial charge in [-0.1, -0.05) is 76.9 Å². The van der Waals surface area contributed by atoms with E-state index in [1.54, 1.807) is 0 Å². The number of para-hydroxylation sites is 2. The lowest BCUT2D eigenvalue weighted by atomic mass is 9.75. The molecule has 4 rings (SSSR count). The Morgan fingerprint density at radius 2 is 1.61 bits per heavy atom. The second kappa shape index (κ2) is 9.24. The summed E-state index contributed by atoms with van der Waals surface area (Å²) in [5.74, 6) is 0.637. The van der Waals surface area contributed by atoms with E-state index in [4.69, 9.17) is 5.73 Å². The maximum atomic E-state index is 12.9. The van der Waals surface area contributed by atoms with E-state index in [9.17, 15) is 4.79 Å². The molecule has 1 aliphatic carbocycles. The molecule has 0 unspecified atom stereocenters. The molecule has 1 aliphatic rings. The van der Waals surface area contributed by atoms with Crippen LogP contribution in [-0.2, 0) is 12.5 Å². The number of nitrogens with zero attached hydrogens (tertiary/aromatic N) is 2. The number of nitrogens with two attached hydrogens (primary N) is 1. The second-order valence-corrected chi connectivity index (χ2v) is 10.5. The molecule has 4 nitrogen and oxygen atoms in total. The molecule has 4 heteroatoms. The fourth-order valence-corrected chi connectivity index (χ4v) is 5.95. The molecular formula is C29H39N3O. The van der Waals surface area contributed by atoms with E-state index in [0.29, 0.717) is 18.4 Å². The number of rotatable bonds is 7. The van der Waals surface area contributed by atoms with E-state index in [1.807, 2.05) is 4.90 Å². The molecule has 1 saturated carbocycles. The van der Waals surface area contributed by atoms with Crippen molar-refractivity contribution in [2.45, 2.75) is 77.0 Å². The molecule has 0 aliphatic heterocycles. The Labute approximate surface area is 198 Å². The van der Waals surface area contributed by atoms with Crippen LogP contribution in [0.2, 0.25) is 0 Å². The fourth-order valence-electron chi connectivity index (χ4n) is 5.95. The number of aryl methyl sites for hydroxylation is 1. The van der Waals surface area contributed by atoms with Crippen LogP contribution in [0, 0.1) is 0 Å². The molecule has 0 spiro atoms. The number of fused-ring (bicyclic) bond motifs is 1. The lowest BCUT2D eigenvalue weighted by Gasteiger charge is -2.34. The van der Waals surface area contributed by atoms with Crippen molar-refractivity contribution in [3.05, 3.63) is 65.4 Å². The molecule has 176 valence electrons. The third-order valence-electron chi connectivity index (χ3n) is 7.72. The Hall–Kier alpha value is -2.75. The van der Waals surface area contributed by atoms with Gasteiger partial charge in [-0.05, 0) is 59.3 Å². The van der Waals surface area contributed by atoms with Gasteiger partial charge in [-0.25, -0.2) is 4.79 Å². The standard InChI is InChI=1S/C29H39N3O/c1-20(2)22-12-10-13-23(21(3)4)27(22)32(28(30)33)18-17-29(15-8-9-16-29)25-19-31(5)26-14-7-6-11-24(25)26/h6-7,10-14,19-21H,8-9,15-18H2,1-5H3,(H2,30,33). The first-order valence-corrected chi connectivity index (χ1v) is 12.5. The number of benzene rings is 2. The lowest BCUT2D eigenvalue weighted by molar-refractivity contribution is 0.253. The van der Waals surface area contributed by atoms with Gasteiger partial charge in [-0.2, -0.15) is 0 Å². The number of carbonyl (C=O) groups excluding carboxylic acids is 1. The molecule has 2 amide bonds. The highest BCUT2D eigenvalue weighted by Gasteiger charge is 2.38. The van der Waals surface area contributed by atoms with Gasteiger partial charge in [0.25, 0.3) is 0 Å². The molecule has 1 fully saturated rings. The van der Waals surface area contributed by atoms with Crippen LogP contribution in [0.4, 0.5) is 10.5 Å². The smallest absolute Gasteiger partial charge is 0.319 e. The third-order valence-corrected chi connectivity index (χ3v) is 7.72. The van der Waals surface area contributed by atoms with Gasteiger partial charge in [0.05, 0.1) is 5.69 Å². The third kappa shape index (κ3) is 4.28. The number of urea groups is 1. The van der Waals surface area contributed by atoms with E-state index in [2.05, 4.69) is 88.0 Å². The van der Waals surface area contributed by atoms with Crippen LogP contribution in [0.1, 0.15) is 88.3 Å². The minimum atomic E-state index is -0.351. The largest absolute Gasteiger partial charge is 0.351 e. The molecule has 0 radical (unpaired) electrons. The first-order chi connectivity index (χ1) is 15.7. The molecular weight excluding hydrogens is 406 g/mol. The van der Waals surface area contributed by atoms with Crippen molar-refractivity contribution >= 4 is 22.6 Å². The van der Waals surface area contributed by atoms with Crippen LogP contribution >= 0.6 is 0 Å². The minimum absolute atomic E-state index is 0.0827. The summed E-state index contributed by atoms with van der Waals surface area (Å²) in [6.07, 6.45) is 8.05. The number of carbonyl (C=O) groups is 1. The molecule has 1 heterocycles. The summed E-state index contributed by atoms with van der Waals surface area (Å²) in [5.41, 5.74) is 12.3. The Morgan fingerprint density at radius 3 is 2.18 bits per heavy atom. The van der Waals surface area contributed by atoms with E-state index >= 15 is 0 Å². The van der Waals surface area contributed by atoms with Crippen molar-refractivity contribution in [2.24, 2.45) is 12.8 Å². The Kier molecular flexibility index (Phi) is 6.56. The lowest BCUT2D eigenvalue weighted by Crippen LogP contribution is -2.40. The van der Waals surface area contributed by atoms with Crippen LogP contribution in [0.15, 0.2) is 48.7 Å². The number of hydrogen-bond donors (Lipinski definition) is 1. The molecule has 2 N–H and O–H groups in total. The normalized spacial score (nSPS) is 15.6. The summed E-state index contributed by atoms with van der Waals surface area (Å²) in [6.45, 7) is 9.41. The topological polar surface area (TPSA) is 51.3 Å². The van der Waals surface area contributed by atoms with Crippen molar-refractivity contribution < 1.29 is 4.79 Å². The average molecular weight is 446 g/mol. The number of anilines is 1. The van der Waals surface area contributed by atoms with Gasteiger partial charge in [0, 0.05) is 30.7 Å². The predicted molar refractivity (Wildman–Crippen MR) is 139 cm³/mol. The first-order valence-electron chi connectivity index (χ1n) is 12.5.